The molecule has 1 aliphatic carbocycles. The van der Waals surface area contributed by atoms with Crippen LogP contribution in [0.4, 0.5) is 10.6 Å². The Morgan fingerprint density at radius 3 is 2.27 bits per heavy atom. The van der Waals surface area contributed by atoms with Crippen LogP contribution in [0, 0.1) is 0 Å². The molecule has 2 heterocycles. The Kier molecular flexibility index (Phi) is 10.6. The van der Waals surface area contributed by atoms with Gasteiger partial charge in [-0.3, -0.25) is 9.69 Å². The molecule has 0 bridgehead atoms. The van der Waals surface area contributed by atoms with Crippen LogP contribution in [0.5, 0.6) is 0 Å². The fourth-order valence-corrected chi connectivity index (χ4v) is 6.43. The Morgan fingerprint density at radius 2 is 1.65 bits per heavy atom. The number of rotatable bonds is 14. The molecule has 4 aromatic rings. The van der Waals surface area contributed by atoms with E-state index in [0.29, 0.717) is 13.2 Å². The highest BCUT2D eigenvalue weighted by Crippen LogP contribution is 2.48. The second-order valence-electron chi connectivity index (χ2n) is 12.9. The van der Waals surface area contributed by atoms with Gasteiger partial charge in [-0.05, 0) is 81.0 Å². The van der Waals surface area contributed by atoms with Gasteiger partial charge in [-0.15, -0.1) is 0 Å². The van der Waals surface area contributed by atoms with Crippen LogP contribution in [0.2, 0.25) is 0 Å². The molecule has 0 aliphatic heterocycles. The van der Waals surface area contributed by atoms with Crippen LogP contribution >= 0.6 is 0 Å². The minimum absolute atomic E-state index is 0.00714. The molecule has 48 heavy (non-hydrogen) atoms. The number of carboxylic acids is 1. The number of nitrogens with zero attached hydrogens (tertiary/aromatic N) is 3. The summed E-state index contributed by atoms with van der Waals surface area (Å²) >= 11 is 0. The SMILES string of the molecule is CC(C)(C)OC(=O)N(CC(=O)O)c1cccc(C(Cc2ccc(C3(COCc4ccccc4)CC3)cc2)NS(=O)(=O)c2ccccn2)n1. The van der Waals surface area contributed by atoms with Crippen LogP contribution in [-0.4, -0.2) is 54.3 Å². The molecule has 2 aromatic carbocycles. The van der Waals surface area contributed by atoms with E-state index in [2.05, 4.69) is 26.8 Å². The molecule has 0 saturated heterocycles. The van der Waals surface area contributed by atoms with Crippen LogP contribution in [0.1, 0.15) is 62.0 Å². The minimum atomic E-state index is -4.09. The van der Waals surface area contributed by atoms with Crippen molar-refractivity contribution in [3.05, 3.63) is 120 Å². The molecule has 1 atom stereocenters. The highest BCUT2D eigenvalue weighted by molar-refractivity contribution is 7.89. The van der Waals surface area contributed by atoms with E-state index in [-0.39, 0.29) is 28.4 Å². The van der Waals surface area contributed by atoms with E-state index >= 15 is 0 Å². The van der Waals surface area contributed by atoms with Gasteiger partial charge in [0.05, 0.1) is 24.9 Å². The predicted molar refractivity (Wildman–Crippen MR) is 180 cm³/mol. The van der Waals surface area contributed by atoms with Crippen LogP contribution in [0.3, 0.4) is 0 Å². The smallest absolute Gasteiger partial charge is 0.416 e. The molecule has 1 unspecified atom stereocenters. The van der Waals surface area contributed by atoms with E-state index in [1.165, 1.54) is 18.3 Å². The first-order valence-corrected chi connectivity index (χ1v) is 17.2. The Balaban J connectivity index is 1.40. The summed E-state index contributed by atoms with van der Waals surface area (Å²) in [5.74, 6) is -1.26. The van der Waals surface area contributed by atoms with Crippen molar-refractivity contribution in [2.75, 3.05) is 18.1 Å². The van der Waals surface area contributed by atoms with Gasteiger partial charge in [-0.1, -0.05) is 66.7 Å². The number of pyridine rings is 2. The van der Waals surface area contributed by atoms with Crippen LogP contribution in [-0.2, 0) is 42.7 Å². The third-order valence-electron chi connectivity index (χ3n) is 7.86. The lowest BCUT2D eigenvalue weighted by atomic mass is 9.94. The Bertz CT molecular complexity index is 1810. The van der Waals surface area contributed by atoms with Gasteiger partial charge in [0.15, 0.2) is 5.03 Å². The molecule has 0 radical (unpaired) electrons. The molecule has 2 N–H and O–H groups in total. The highest BCUT2D eigenvalue weighted by Gasteiger charge is 2.44. The number of ether oxygens (including phenoxy) is 2. The number of benzene rings is 2. The molecule has 11 nitrogen and oxygen atoms in total. The molecule has 1 fully saturated rings. The third kappa shape index (κ3) is 9.24. The number of aromatic nitrogens is 2. The third-order valence-corrected chi connectivity index (χ3v) is 9.24. The van der Waals surface area contributed by atoms with Crippen LogP contribution in [0.15, 0.2) is 102 Å². The monoisotopic (exact) mass is 672 g/mol. The summed E-state index contributed by atoms with van der Waals surface area (Å²) in [7, 11) is -4.09. The van der Waals surface area contributed by atoms with Crippen molar-refractivity contribution in [3.8, 4) is 0 Å². The largest absolute Gasteiger partial charge is 0.480 e. The van der Waals surface area contributed by atoms with E-state index < -0.39 is 40.3 Å². The van der Waals surface area contributed by atoms with Crippen LogP contribution < -0.4 is 9.62 Å². The van der Waals surface area contributed by atoms with E-state index in [1.807, 2.05) is 42.5 Å². The van der Waals surface area contributed by atoms with Gasteiger partial charge in [0, 0.05) is 11.6 Å². The molecule has 5 rings (SSSR count). The standard InChI is InChI=1S/C36H40N4O7S/c1-35(2,3)47-34(43)40(23-33(41)42)31-13-9-12-29(38-31)30(39-48(44,45)32-14-7-8-21-37-32)22-26-15-17-28(18-16-26)36(19-20-36)25-46-24-27-10-5-4-6-11-27/h4-18,21,30,39H,19-20,22-25H2,1-3H3,(H,41,42). The molecule has 1 amide bonds. The first-order valence-electron chi connectivity index (χ1n) is 15.7. The summed E-state index contributed by atoms with van der Waals surface area (Å²) in [4.78, 5) is 34.2. The quantitative estimate of drug-likeness (QED) is 0.169. The topological polar surface area (TPSA) is 148 Å². The lowest BCUT2D eigenvalue weighted by molar-refractivity contribution is -0.135. The first-order chi connectivity index (χ1) is 22.8. The van der Waals surface area contributed by atoms with Gasteiger partial charge >= 0.3 is 12.1 Å². The van der Waals surface area contributed by atoms with Gasteiger partial charge in [0.25, 0.3) is 10.0 Å². The molecule has 2 aromatic heterocycles. The summed E-state index contributed by atoms with van der Waals surface area (Å²) in [5.41, 5.74) is 2.48. The second kappa shape index (κ2) is 14.6. The van der Waals surface area contributed by atoms with Crippen molar-refractivity contribution in [1.29, 1.82) is 0 Å². The molecule has 1 saturated carbocycles. The number of sulfonamides is 1. The van der Waals surface area contributed by atoms with Gasteiger partial charge in [0.1, 0.15) is 18.0 Å². The van der Waals surface area contributed by atoms with E-state index in [0.717, 1.165) is 34.4 Å². The maximum Gasteiger partial charge on any atom is 0.416 e. The summed E-state index contributed by atoms with van der Waals surface area (Å²) in [5, 5.41) is 9.39. The zero-order chi connectivity index (χ0) is 34.4. The molecule has 252 valence electrons. The number of amides is 1. The van der Waals surface area contributed by atoms with Crippen LogP contribution in [0.25, 0.3) is 0 Å². The highest BCUT2D eigenvalue weighted by atomic mass is 32.2. The maximum atomic E-state index is 13.5. The van der Waals surface area contributed by atoms with E-state index in [1.54, 1.807) is 45.0 Å². The summed E-state index contributed by atoms with van der Waals surface area (Å²) in [6, 6.07) is 26.5. The summed E-state index contributed by atoms with van der Waals surface area (Å²) in [6.45, 7) is 5.46. The minimum Gasteiger partial charge on any atom is -0.480 e. The van der Waals surface area contributed by atoms with Gasteiger partial charge in [-0.25, -0.2) is 27.9 Å². The number of nitrogens with one attached hydrogen (secondary N) is 1. The molecule has 12 heteroatoms. The first kappa shape index (κ1) is 34.7. The summed E-state index contributed by atoms with van der Waals surface area (Å²) in [6.07, 6.45) is 2.76. The lowest BCUT2D eigenvalue weighted by Crippen LogP contribution is -2.40. The Labute approximate surface area is 281 Å². The molecule has 1 aliphatic rings. The van der Waals surface area contributed by atoms with Crippen molar-refractivity contribution in [3.63, 3.8) is 0 Å². The fourth-order valence-electron chi connectivity index (χ4n) is 5.27. The van der Waals surface area contributed by atoms with Crippen molar-refractivity contribution in [2.24, 2.45) is 0 Å². The number of carbonyl (C=O) groups excluding carboxylic acids is 1. The second-order valence-corrected chi connectivity index (χ2v) is 14.5. The van der Waals surface area contributed by atoms with Crippen molar-refractivity contribution in [2.45, 2.75) is 68.7 Å². The fraction of sp³-hybridized carbons (Fsp3) is 0.333. The van der Waals surface area contributed by atoms with Gasteiger partial charge < -0.3 is 14.6 Å². The number of aliphatic carboxylic acids is 1. The number of hydrogen-bond donors (Lipinski definition) is 2. The van der Waals surface area contributed by atoms with Crippen molar-refractivity contribution < 1.29 is 32.6 Å². The number of anilines is 1. The predicted octanol–water partition coefficient (Wildman–Crippen LogP) is 5.81. The molecular weight excluding hydrogens is 632 g/mol. The molecular formula is C36H40N4O7S. The number of carbonyl (C=O) groups is 2. The normalized spacial score (nSPS) is 14.6. The molecule has 0 spiro atoms. The summed E-state index contributed by atoms with van der Waals surface area (Å²) < 4.78 is 41.2. The van der Waals surface area contributed by atoms with Crippen molar-refractivity contribution in [1.82, 2.24) is 14.7 Å². The Hall–Kier alpha value is -4.65. The van der Waals surface area contributed by atoms with Gasteiger partial charge in [-0.2, -0.15) is 0 Å². The van der Waals surface area contributed by atoms with Gasteiger partial charge in [0.2, 0.25) is 0 Å². The maximum absolute atomic E-state index is 13.5. The zero-order valence-electron chi connectivity index (χ0n) is 27.2. The van der Waals surface area contributed by atoms with E-state index in [4.69, 9.17) is 9.47 Å². The number of carboxylic acid groups (broad SMARTS) is 1. The average molecular weight is 673 g/mol. The van der Waals surface area contributed by atoms with E-state index in [9.17, 15) is 23.1 Å². The zero-order valence-corrected chi connectivity index (χ0v) is 28.0. The Morgan fingerprint density at radius 1 is 0.938 bits per heavy atom. The number of hydrogen-bond acceptors (Lipinski definition) is 8. The van der Waals surface area contributed by atoms with Crippen molar-refractivity contribution >= 4 is 27.9 Å². The lowest BCUT2D eigenvalue weighted by Gasteiger charge is -2.26. The average Bonchev–Trinajstić information content (AvgIpc) is 3.84.